The topological polar surface area (TPSA) is 49.8 Å². The number of benzene rings is 1. The number of hydrogen-bond acceptors (Lipinski definition) is 3. The minimum atomic E-state index is -0.765. The van der Waals surface area contributed by atoms with Gasteiger partial charge in [0.05, 0.1) is 13.2 Å². The molecular weight excluding hydrogens is 237 g/mol. The lowest BCUT2D eigenvalue weighted by Gasteiger charge is -2.39. The van der Waals surface area contributed by atoms with Gasteiger partial charge < -0.3 is 14.7 Å². The van der Waals surface area contributed by atoms with Crippen molar-refractivity contribution in [3.63, 3.8) is 0 Å². The minimum absolute atomic E-state index is 0.0779. The van der Waals surface area contributed by atoms with Crippen molar-refractivity contribution >= 4 is 5.91 Å². The van der Waals surface area contributed by atoms with Gasteiger partial charge in [-0.2, -0.15) is 0 Å². The molecule has 1 heterocycles. The van der Waals surface area contributed by atoms with Gasteiger partial charge in [0.15, 0.2) is 0 Å². The van der Waals surface area contributed by atoms with Crippen molar-refractivity contribution in [3.8, 4) is 0 Å². The Kier molecular flexibility index (Phi) is 3.63. The van der Waals surface area contributed by atoms with E-state index in [0.29, 0.717) is 5.56 Å². The molecule has 0 bridgehead atoms. The first-order chi connectivity index (χ1) is 8.54. The van der Waals surface area contributed by atoms with E-state index < -0.39 is 5.60 Å². The standard InChI is InChI=1S/C13H16FNO3/c1-13(9-16)8-15(12(17)7-18-13)6-10-4-2-3-5-11(10)14/h2-5,16H,6-9H2,1H3. The van der Waals surface area contributed by atoms with Gasteiger partial charge in [-0.25, -0.2) is 4.39 Å². The normalized spacial score (nSPS) is 24.4. The Morgan fingerprint density at radius 1 is 1.50 bits per heavy atom. The van der Waals surface area contributed by atoms with E-state index in [-0.39, 0.29) is 38.0 Å². The van der Waals surface area contributed by atoms with Crippen LogP contribution in [0.5, 0.6) is 0 Å². The Hall–Kier alpha value is -1.46. The maximum atomic E-state index is 13.5. The number of nitrogens with zero attached hydrogens (tertiary/aromatic N) is 1. The molecule has 1 fully saturated rings. The Morgan fingerprint density at radius 2 is 2.22 bits per heavy atom. The van der Waals surface area contributed by atoms with E-state index in [1.165, 1.54) is 11.0 Å². The summed E-state index contributed by atoms with van der Waals surface area (Å²) in [6.45, 7) is 1.94. The van der Waals surface area contributed by atoms with Gasteiger partial charge in [0.2, 0.25) is 5.91 Å². The van der Waals surface area contributed by atoms with E-state index in [0.717, 1.165) is 0 Å². The zero-order valence-corrected chi connectivity index (χ0v) is 10.2. The molecule has 18 heavy (non-hydrogen) atoms. The molecule has 0 saturated carbocycles. The van der Waals surface area contributed by atoms with Gasteiger partial charge in [-0.3, -0.25) is 4.79 Å². The summed E-state index contributed by atoms with van der Waals surface area (Å²) >= 11 is 0. The van der Waals surface area contributed by atoms with Crippen LogP contribution in [0, 0.1) is 5.82 Å². The predicted octanol–water partition coefficient (Wildman–Crippen LogP) is 0.935. The molecule has 1 aromatic rings. The van der Waals surface area contributed by atoms with E-state index in [2.05, 4.69) is 0 Å². The first-order valence-corrected chi connectivity index (χ1v) is 5.80. The van der Waals surface area contributed by atoms with Gasteiger partial charge in [-0.05, 0) is 13.0 Å². The zero-order chi connectivity index (χ0) is 13.2. The van der Waals surface area contributed by atoms with Gasteiger partial charge in [-0.15, -0.1) is 0 Å². The number of hydrogen-bond donors (Lipinski definition) is 1. The highest BCUT2D eigenvalue weighted by Gasteiger charge is 2.35. The van der Waals surface area contributed by atoms with Crippen molar-refractivity contribution < 1.29 is 19.0 Å². The van der Waals surface area contributed by atoms with E-state index in [9.17, 15) is 14.3 Å². The van der Waals surface area contributed by atoms with Crippen molar-refractivity contribution in [2.24, 2.45) is 0 Å². The van der Waals surface area contributed by atoms with Crippen LogP contribution in [0.3, 0.4) is 0 Å². The number of aliphatic hydroxyl groups is 1. The minimum Gasteiger partial charge on any atom is -0.393 e. The smallest absolute Gasteiger partial charge is 0.249 e. The third-order valence-electron chi connectivity index (χ3n) is 3.08. The summed E-state index contributed by atoms with van der Waals surface area (Å²) in [6, 6.07) is 6.35. The number of ether oxygens (including phenoxy) is 1. The summed E-state index contributed by atoms with van der Waals surface area (Å²) in [5.74, 6) is -0.522. The fourth-order valence-corrected chi connectivity index (χ4v) is 1.94. The van der Waals surface area contributed by atoms with Gasteiger partial charge in [-0.1, -0.05) is 18.2 Å². The van der Waals surface area contributed by atoms with Gasteiger partial charge in [0.1, 0.15) is 18.0 Å². The largest absolute Gasteiger partial charge is 0.393 e. The van der Waals surface area contributed by atoms with Crippen LogP contribution in [-0.4, -0.2) is 41.3 Å². The first kappa shape index (κ1) is 13.0. The zero-order valence-electron chi connectivity index (χ0n) is 10.2. The van der Waals surface area contributed by atoms with Crippen LogP contribution in [0.2, 0.25) is 0 Å². The van der Waals surface area contributed by atoms with Crippen molar-refractivity contribution in [1.29, 1.82) is 0 Å². The molecule has 4 nitrogen and oxygen atoms in total. The third-order valence-corrected chi connectivity index (χ3v) is 3.08. The molecule has 0 spiro atoms. The summed E-state index contributed by atoms with van der Waals surface area (Å²) < 4.78 is 18.8. The van der Waals surface area contributed by atoms with Crippen LogP contribution in [0.15, 0.2) is 24.3 Å². The van der Waals surface area contributed by atoms with Crippen LogP contribution in [0.25, 0.3) is 0 Å². The lowest BCUT2D eigenvalue weighted by atomic mass is 10.0. The van der Waals surface area contributed by atoms with Gasteiger partial charge >= 0.3 is 0 Å². The highest BCUT2D eigenvalue weighted by Crippen LogP contribution is 2.20. The van der Waals surface area contributed by atoms with E-state index in [1.54, 1.807) is 25.1 Å². The third kappa shape index (κ3) is 2.68. The quantitative estimate of drug-likeness (QED) is 0.872. The fraction of sp³-hybridized carbons (Fsp3) is 0.462. The maximum Gasteiger partial charge on any atom is 0.249 e. The second-order valence-corrected chi connectivity index (χ2v) is 4.74. The molecule has 5 heteroatoms. The highest BCUT2D eigenvalue weighted by molar-refractivity contribution is 5.78. The Labute approximate surface area is 105 Å². The molecule has 1 N–H and O–H groups in total. The van der Waals surface area contributed by atoms with Gasteiger partial charge in [0.25, 0.3) is 0 Å². The summed E-state index contributed by atoms with van der Waals surface area (Å²) in [7, 11) is 0. The second kappa shape index (κ2) is 5.04. The molecule has 1 amide bonds. The van der Waals surface area contributed by atoms with Crippen molar-refractivity contribution in [1.82, 2.24) is 4.90 Å². The highest BCUT2D eigenvalue weighted by atomic mass is 19.1. The Morgan fingerprint density at radius 3 is 2.89 bits per heavy atom. The van der Waals surface area contributed by atoms with Crippen LogP contribution >= 0.6 is 0 Å². The number of amides is 1. The van der Waals surface area contributed by atoms with Crippen LogP contribution in [0.1, 0.15) is 12.5 Å². The first-order valence-electron chi connectivity index (χ1n) is 5.80. The lowest BCUT2D eigenvalue weighted by Crippen LogP contribution is -2.54. The molecule has 0 aromatic heterocycles. The van der Waals surface area contributed by atoms with E-state index >= 15 is 0 Å². The van der Waals surface area contributed by atoms with Crippen molar-refractivity contribution in [3.05, 3.63) is 35.6 Å². The molecule has 1 atom stereocenters. The monoisotopic (exact) mass is 253 g/mol. The lowest BCUT2D eigenvalue weighted by molar-refractivity contribution is -0.167. The average molecular weight is 253 g/mol. The summed E-state index contributed by atoms with van der Waals surface area (Å²) in [5, 5.41) is 9.24. The number of carbonyl (C=O) groups excluding carboxylic acids is 1. The van der Waals surface area contributed by atoms with Gasteiger partial charge in [0, 0.05) is 12.1 Å². The average Bonchev–Trinajstić information content (AvgIpc) is 2.37. The summed E-state index contributed by atoms with van der Waals surface area (Å²) in [4.78, 5) is 13.2. The van der Waals surface area contributed by atoms with Crippen molar-refractivity contribution in [2.45, 2.75) is 19.1 Å². The number of morpholine rings is 1. The molecule has 1 aliphatic rings. The summed E-state index contributed by atoms with van der Waals surface area (Å²) in [6.07, 6.45) is 0. The van der Waals surface area contributed by atoms with Crippen LogP contribution in [-0.2, 0) is 16.1 Å². The second-order valence-electron chi connectivity index (χ2n) is 4.74. The molecule has 1 unspecified atom stereocenters. The fourth-order valence-electron chi connectivity index (χ4n) is 1.94. The number of carbonyl (C=O) groups is 1. The molecular formula is C13H16FNO3. The van der Waals surface area contributed by atoms with Crippen LogP contribution in [0.4, 0.5) is 4.39 Å². The van der Waals surface area contributed by atoms with Crippen LogP contribution < -0.4 is 0 Å². The molecule has 98 valence electrons. The molecule has 1 aliphatic heterocycles. The SMILES string of the molecule is CC1(CO)CN(Cc2ccccc2F)C(=O)CO1. The maximum absolute atomic E-state index is 13.5. The molecule has 0 aliphatic carbocycles. The molecule has 1 aromatic carbocycles. The Balaban J connectivity index is 2.12. The van der Waals surface area contributed by atoms with Crippen molar-refractivity contribution in [2.75, 3.05) is 19.8 Å². The summed E-state index contributed by atoms with van der Waals surface area (Å²) in [5.41, 5.74) is -0.299. The van der Waals surface area contributed by atoms with E-state index in [1.807, 2.05) is 0 Å². The molecule has 2 rings (SSSR count). The predicted molar refractivity (Wildman–Crippen MR) is 63.3 cm³/mol. The molecule has 0 radical (unpaired) electrons. The Bertz CT molecular complexity index is 452. The van der Waals surface area contributed by atoms with E-state index in [4.69, 9.17) is 4.74 Å². The number of aliphatic hydroxyl groups excluding tert-OH is 1. The molecule has 1 saturated heterocycles. The number of rotatable bonds is 3. The number of halogens is 1.